The van der Waals surface area contributed by atoms with E-state index in [0.29, 0.717) is 50.3 Å². The standard InChI is InChI=1S/C25H29N3O4/c1-32-18-15-26-25(31)21-9-5-6-10-22(21)27-24(30)20-13-16-28(17-14-20)23(29)12-11-19-7-3-2-4-8-19/h2-12,20H,13-18H2,1H3,(H,26,31)(H,27,30)/b12-11+. The number of para-hydroxylation sites is 1. The second-order valence-electron chi connectivity index (χ2n) is 7.63. The predicted octanol–water partition coefficient (Wildman–Crippen LogP) is 2.95. The summed E-state index contributed by atoms with van der Waals surface area (Å²) >= 11 is 0. The normalized spacial score (nSPS) is 14.3. The van der Waals surface area contributed by atoms with Crippen LogP contribution >= 0.6 is 0 Å². The second kappa shape index (κ2) is 11.8. The lowest BCUT2D eigenvalue weighted by atomic mass is 9.95. The Morgan fingerprint density at radius 3 is 2.44 bits per heavy atom. The first-order valence-electron chi connectivity index (χ1n) is 10.8. The number of likely N-dealkylation sites (tertiary alicyclic amines) is 1. The van der Waals surface area contributed by atoms with Gasteiger partial charge in [0, 0.05) is 38.7 Å². The van der Waals surface area contributed by atoms with E-state index in [2.05, 4.69) is 10.6 Å². The van der Waals surface area contributed by atoms with Crippen molar-refractivity contribution >= 4 is 29.5 Å². The Hall–Kier alpha value is -3.45. The summed E-state index contributed by atoms with van der Waals surface area (Å²) in [6, 6.07) is 16.6. The Morgan fingerprint density at radius 1 is 1.03 bits per heavy atom. The van der Waals surface area contributed by atoms with Crippen molar-refractivity contribution in [2.75, 3.05) is 38.7 Å². The molecule has 1 heterocycles. The van der Waals surface area contributed by atoms with Gasteiger partial charge in [-0.1, -0.05) is 42.5 Å². The van der Waals surface area contributed by atoms with Crippen molar-refractivity contribution in [1.29, 1.82) is 0 Å². The Bertz CT molecular complexity index is 951. The van der Waals surface area contributed by atoms with Crippen molar-refractivity contribution in [2.45, 2.75) is 12.8 Å². The van der Waals surface area contributed by atoms with E-state index in [4.69, 9.17) is 4.74 Å². The van der Waals surface area contributed by atoms with E-state index >= 15 is 0 Å². The van der Waals surface area contributed by atoms with E-state index in [1.807, 2.05) is 30.3 Å². The van der Waals surface area contributed by atoms with E-state index < -0.39 is 0 Å². The average molecular weight is 436 g/mol. The van der Waals surface area contributed by atoms with Gasteiger partial charge in [0.05, 0.1) is 17.9 Å². The summed E-state index contributed by atoms with van der Waals surface area (Å²) in [5.74, 6) is -0.648. The number of ether oxygens (including phenoxy) is 1. The van der Waals surface area contributed by atoms with Gasteiger partial charge in [0.15, 0.2) is 0 Å². The number of hydrogen-bond acceptors (Lipinski definition) is 4. The molecule has 1 aliphatic heterocycles. The molecule has 0 saturated carbocycles. The molecule has 1 aliphatic rings. The van der Waals surface area contributed by atoms with Crippen LogP contribution in [0.25, 0.3) is 6.08 Å². The largest absolute Gasteiger partial charge is 0.383 e. The molecule has 0 aromatic heterocycles. The zero-order valence-electron chi connectivity index (χ0n) is 18.3. The van der Waals surface area contributed by atoms with Gasteiger partial charge in [0.2, 0.25) is 11.8 Å². The van der Waals surface area contributed by atoms with Crippen molar-refractivity contribution in [1.82, 2.24) is 10.2 Å². The van der Waals surface area contributed by atoms with E-state index in [9.17, 15) is 14.4 Å². The molecule has 0 radical (unpaired) electrons. The Labute approximate surface area is 188 Å². The highest BCUT2D eigenvalue weighted by Gasteiger charge is 2.27. The number of carbonyl (C=O) groups is 3. The number of hydrogen-bond donors (Lipinski definition) is 2. The third kappa shape index (κ3) is 6.52. The molecule has 3 amide bonds. The fourth-order valence-corrected chi connectivity index (χ4v) is 3.59. The highest BCUT2D eigenvalue weighted by atomic mass is 16.5. The molecular weight excluding hydrogens is 406 g/mol. The third-order valence-electron chi connectivity index (χ3n) is 5.42. The second-order valence-corrected chi connectivity index (χ2v) is 7.63. The molecule has 168 valence electrons. The molecule has 0 atom stereocenters. The predicted molar refractivity (Wildman–Crippen MR) is 124 cm³/mol. The highest BCUT2D eigenvalue weighted by Crippen LogP contribution is 2.22. The van der Waals surface area contributed by atoms with Crippen LogP contribution in [0.4, 0.5) is 5.69 Å². The number of nitrogens with one attached hydrogen (secondary N) is 2. The first-order valence-corrected chi connectivity index (χ1v) is 10.8. The molecule has 0 bridgehead atoms. The van der Waals surface area contributed by atoms with Gasteiger partial charge >= 0.3 is 0 Å². The molecule has 0 spiro atoms. The van der Waals surface area contributed by atoms with Crippen molar-refractivity contribution in [3.05, 3.63) is 71.8 Å². The molecule has 32 heavy (non-hydrogen) atoms. The minimum Gasteiger partial charge on any atom is -0.383 e. The number of methoxy groups -OCH3 is 1. The maximum Gasteiger partial charge on any atom is 0.253 e. The van der Waals surface area contributed by atoms with Gasteiger partial charge in [0.25, 0.3) is 5.91 Å². The molecule has 1 fully saturated rings. The van der Waals surface area contributed by atoms with Crippen LogP contribution in [0.3, 0.4) is 0 Å². The maximum absolute atomic E-state index is 12.8. The van der Waals surface area contributed by atoms with Crippen LogP contribution in [0, 0.1) is 5.92 Å². The minimum absolute atomic E-state index is 0.0502. The smallest absolute Gasteiger partial charge is 0.253 e. The molecule has 7 heteroatoms. The molecule has 3 rings (SSSR count). The number of amides is 3. The number of benzene rings is 2. The Kier molecular flexibility index (Phi) is 8.57. The molecule has 2 aromatic rings. The Morgan fingerprint density at radius 2 is 1.72 bits per heavy atom. The van der Waals surface area contributed by atoms with E-state index in [1.54, 1.807) is 48.4 Å². The van der Waals surface area contributed by atoms with E-state index in [1.165, 1.54) is 0 Å². The lowest BCUT2D eigenvalue weighted by molar-refractivity contribution is -0.130. The zero-order valence-corrected chi connectivity index (χ0v) is 18.3. The monoisotopic (exact) mass is 435 g/mol. The molecule has 1 saturated heterocycles. The van der Waals surface area contributed by atoms with Crippen LogP contribution < -0.4 is 10.6 Å². The first kappa shape index (κ1) is 23.2. The topological polar surface area (TPSA) is 87.7 Å². The summed E-state index contributed by atoms with van der Waals surface area (Å²) in [6.07, 6.45) is 4.54. The zero-order chi connectivity index (χ0) is 22.8. The summed E-state index contributed by atoms with van der Waals surface area (Å²) in [5.41, 5.74) is 1.87. The van der Waals surface area contributed by atoms with Gasteiger partial charge in [-0.2, -0.15) is 0 Å². The first-order chi connectivity index (χ1) is 15.6. The summed E-state index contributed by atoms with van der Waals surface area (Å²) in [5, 5.41) is 5.66. The lowest BCUT2D eigenvalue weighted by Gasteiger charge is -2.30. The fraction of sp³-hybridized carbons (Fsp3) is 0.320. The number of nitrogens with zero attached hydrogens (tertiary/aromatic N) is 1. The van der Waals surface area contributed by atoms with Crippen LogP contribution in [0.1, 0.15) is 28.8 Å². The van der Waals surface area contributed by atoms with Gasteiger partial charge in [-0.25, -0.2) is 0 Å². The quantitative estimate of drug-likeness (QED) is 0.493. The SMILES string of the molecule is COCCNC(=O)c1ccccc1NC(=O)C1CCN(C(=O)/C=C/c2ccccc2)CC1. The van der Waals surface area contributed by atoms with Crippen LogP contribution in [0.15, 0.2) is 60.7 Å². The van der Waals surface area contributed by atoms with Crippen molar-refractivity contribution < 1.29 is 19.1 Å². The fourth-order valence-electron chi connectivity index (χ4n) is 3.59. The minimum atomic E-state index is -0.261. The van der Waals surface area contributed by atoms with Gasteiger partial charge in [-0.15, -0.1) is 0 Å². The summed E-state index contributed by atoms with van der Waals surface area (Å²) in [4.78, 5) is 39.4. The Balaban J connectivity index is 1.52. The molecule has 0 aliphatic carbocycles. The number of piperidine rings is 1. The van der Waals surface area contributed by atoms with Crippen LogP contribution in [0.2, 0.25) is 0 Å². The van der Waals surface area contributed by atoms with Gasteiger partial charge in [-0.05, 0) is 36.6 Å². The van der Waals surface area contributed by atoms with Crippen molar-refractivity contribution in [3.8, 4) is 0 Å². The molecule has 2 N–H and O–H groups in total. The lowest BCUT2D eigenvalue weighted by Crippen LogP contribution is -2.41. The number of rotatable bonds is 8. The van der Waals surface area contributed by atoms with Crippen molar-refractivity contribution in [3.63, 3.8) is 0 Å². The van der Waals surface area contributed by atoms with E-state index in [0.717, 1.165) is 5.56 Å². The van der Waals surface area contributed by atoms with Crippen LogP contribution in [-0.4, -0.2) is 56.0 Å². The van der Waals surface area contributed by atoms with Gasteiger partial charge in [0.1, 0.15) is 0 Å². The van der Waals surface area contributed by atoms with Gasteiger partial charge in [-0.3, -0.25) is 14.4 Å². The maximum atomic E-state index is 12.8. The molecule has 2 aromatic carbocycles. The number of carbonyl (C=O) groups excluding carboxylic acids is 3. The summed E-state index contributed by atoms with van der Waals surface area (Å²) < 4.78 is 4.95. The van der Waals surface area contributed by atoms with Crippen LogP contribution in [0.5, 0.6) is 0 Å². The summed E-state index contributed by atoms with van der Waals surface area (Å²) in [6.45, 7) is 1.85. The molecule has 7 nitrogen and oxygen atoms in total. The average Bonchev–Trinajstić information content (AvgIpc) is 2.83. The molecule has 0 unspecified atom stereocenters. The molecular formula is C25H29N3O4. The number of anilines is 1. The summed E-state index contributed by atoms with van der Waals surface area (Å²) in [7, 11) is 1.57. The van der Waals surface area contributed by atoms with Crippen molar-refractivity contribution in [2.24, 2.45) is 5.92 Å². The van der Waals surface area contributed by atoms with E-state index in [-0.39, 0.29) is 23.6 Å². The van der Waals surface area contributed by atoms with Crippen LogP contribution in [-0.2, 0) is 14.3 Å². The highest BCUT2D eigenvalue weighted by molar-refractivity contribution is 6.04. The van der Waals surface area contributed by atoms with Gasteiger partial charge < -0.3 is 20.3 Å². The third-order valence-corrected chi connectivity index (χ3v) is 5.42.